The van der Waals surface area contributed by atoms with E-state index in [0.717, 1.165) is 87.0 Å². The number of benzene rings is 2. The topological polar surface area (TPSA) is 72.9 Å². The average Bonchev–Trinajstić information content (AvgIpc) is 3.04. The van der Waals surface area contributed by atoms with Crippen LogP contribution < -0.4 is 9.80 Å². The van der Waals surface area contributed by atoms with Crippen LogP contribution in [-0.2, 0) is 22.7 Å². The van der Waals surface area contributed by atoms with E-state index in [1.807, 2.05) is 60.9 Å². The second kappa shape index (κ2) is 15.0. The summed E-state index contributed by atoms with van der Waals surface area (Å²) in [5.41, 5.74) is 4.95. The molecule has 2 aromatic carbocycles. The molecule has 3 heterocycles. The summed E-state index contributed by atoms with van der Waals surface area (Å²) in [6, 6.07) is 18.2. The van der Waals surface area contributed by atoms with Crippen LogP contribution in [0.1, 0.15) is 61.5 Å². The van der Waals surface area contributed by atoms with Gasteiger partial charge in [-0.2, -0.15) is 0 Å². The van der Waals surface area contributed by atoms with Crippen LogP contribution >= 0.6 is 11.6 Å². The van der Waals surface area contributed by atoms with Crippen molar-refractivity contribution in [3.63, 3.8) is 0 Å². The lowest BCUT2D eigenvalue weighted by atomic mass is 9.95. The van der Waals surface area contributed by atoms with Gasteiger partial charge in [-0.05, 0) is 68.9 Å². The quantitative estimate of drug-likeness (QED) is 0.337. The molecule has 3 aromatic rings. The molecule has 234 valence electrons. The molecule has 0 bridgehead atoms. The fourth-order valence-electron chi connectivity index (χ4n) is 6.38. The van der Waals surface area contributed by atoms with Crippen molar-refractivity contribution in [1.29, 1.82) is 0 Å². The van der Waals surface area contributed by atoms with E-state index in [4.69, 9.17) is 11.6 Å². The minimum Gasteiger partial charge on any atom is -0.341 e. The molecule has 0 saturated carbocycles. The molecule has 0 atom stereocenters. The van der Waals surface area contributed by atoms with Gasteiger partial charge in [0.2, 0.25) is 17.8 Å². The molecule has 0 radical (unpaired) electrons. The number of piperidine rings is 1. The van der Waals surface area contributed by atoms with E-state index in [9.17, 15) is 9.59 Å². The third-order valence-electron chi connectivity index (χ3n) is 8.66. The van der Waals surface area contributed by atoms with Crippen LogP contribution in [0.2, 0.25) is 5.02 Å². The van der Waals surface area contributed by atoms with E-state index in [2.05, 4.69) is 44.0 Å². The maximum Gasteiger partial charge on any atom is 0.226 e. The largest absolute Gasteiger partial charge is 0.341 e. The van der Waals surface area contributed by atoms with Gasteiger partial charge >= 0.3 is 0 Å². The normalized spacial score (nSPS) is 17.2. The van der Waals surface area contributed by atoms with Gasteiger partial charge in [0.25, 0.3) is 0 Å². The van der Waals surface area contributed by atoms with Gasteiger partial charge in [0.1, 0.15) is 0 Å². The number of halogens is 1. The Morgan fingerprint density at radius 3 is 2.32 bits per heavy atom. The van der Waals surface area contributed by atoms with Crippen molar-refractivity contribution in [3.05, 3.63) is 82.1 Å². The number of nitrogens with zero attached hydrogens (tertiary/aromatic N) is 6. The maximum atomic E-state index is 14.3. The summed E-state index contributed by atoms with van der Waals surface area (Å²) in [6.07, 6.45) is 3.61. The molecule has 2 aliphatic heterocycles. The predicted octanol–water partition coefficient (Wildman–Crippen LogP) is 6.03. The Kier molecular flexibility index (Phi) is 10.9. The highest BCUT2D eigenvalue weighted by atomic mass is 35.5. The van der Waals surface area contributed by atoms with E-state index < -0.39 is 0 Å². The van der Waals surface area contributed by atoms with Crippen LogP contribution in [-0.4, -0.2) is 70.9 Å². The monoisotopic (exact) mass is 616 g/mol. The van der Waals surface area contributed by atoms with Crippen LogP contribution in [0.5, 0.6) is 0 Å². The summed E-state index contributed by atoms with van der Waals surface area (Å²) in [6.45, 7) is 11.6. The van der Waals surface area contributed by atoms with Crippen molar-refractivity contribution in [1.82, 2.24) is 19.8 Å². The summed E-state index contributed by atoms with van der Waals surface area (Å²) in [5.74, 6) is 0.960. The molecule has 5 rings (SSSR count). The minimum atomic E-state index is -0.0709. The van der Waals surface area contributed by atoms with Crippen molar-refractivity contribution >= 4 is 35.1 Å². The van der Waals surface area contributed by atoms with Crippen molar-refractivity contribution in [3.8, 4) is 0 Å². The lowest BCUT2D eigenvalue weighted by Gasteiger charge is -2.35. The number of carbonyl (C=O) groups excluding carboxylic acids is 2. The zero-order chi connectivity index (χ0) is 31.1. The van der Waals surface area contributed by atoms with Gasteiger partial charge < -0.3 is 14.7 Å². The zero-order valence-electron chi connectivity index (χ0n) is 26.3. The number of aromatic nitrogens is 2. The summed E-state index contributed by atoms with van der Waals surface area (Å²) >= 11 is 6.50. The first kappa shape index (κ1) is 31.9. The number of amides is 2. The highest BCUT2D eigenvalue weighted by Gasteiger charge is 2.31. The van der Waals surface area contributed by atoms with Gasteiger partial charge in [0.05, 0.1) is 5.69 Å². The maximum absolute atomic E-state index is 14.3. The molecule has 0 spiro atoms. The number of anilines is 2. The summed E-state index contributed by atoms with van der Waals surface area (Å²) < 4.78 is 0. The van der Waals surface area contributed by atoms with Crippen molar-refractivity contribution in [2.24, 2.45) is 5.92 Å². The molecule has 0 unspecified atom stereocenters. The molecule has 1 saturated heterocycles. The third-order valence-corrected chi connectivity index (χ3v) is 8.90. The molecular formula is C35H45ClN6O2. The second-order valence-electron chi connectivity index (χ2n) is 12.2. The molecular weight excluding hydrogens is 572 g/mol. The Morgan fingerprint density at radius 1 is 0.886 bits per heavy atom. The Balaban J connectivity index is 1.39. The number of rotatable bonds is 6. The first-order chi connectivity index (χ1) is 21.3. The third kappa shape index (κ3) is 8.16. The van der Waals surface area contributed by atoms with Crippen LogP contribution in [0.4, 0.5) is 11.6 Å². The van der Waals surface area contributed by atoms with Gasteiger partial charge in [-0.25, -0.2) is 9.97 Å². The zero-order valence-corrected chi connectivity index (χ0v) is 27.1. The van der Waals surface area contributed by atoms with Crippen molar-refractivity contribution < 1.29 is 9.59 Å². The second-order valence-corrected chi connectivity index (χ2v) is 12.6. The summed E-state index contributed by atoms with van der Waals surface area (Å²) in [4.78, 5) is 45.5. The molecule has 8 nitrogen and oxygen atoms in total. The van der Waals surface area contributed by atoms with Crippen LogP contribution in [0.3, 0.4) is 0 Å². The van der Waals surface area contributed by atoms with Crippen LogP contribution in [0.15, 0.2) is 54.6 Å². The number of fused-ring (bicyclic) bond motifs is 1. The summed E-state index contributed by atoms with van der Waals surface area (Å²) in [5, 5.41) is 0.595. The van der Waals surface area contributed by atoms with Gasteiger partial charge in [0, 0.05) is 81.1 Å². The molecule has 1 aromatic heterocycles. The van der Waals surface area contributed by atoms with E-state index >= 15 is 0 Å². The Labute approximate surface area is 267 Å². The molecule has 2 aliphatic rings. The van der Waals surface area contributed by atoms with E-state index in [-0.39, 0.29) is 17.7 Å². The van der Waals surface area contributed by atoms with E-state index in [0.29, 0.717) is 31.1 Å². The molecule has 0 N–H and O–H groups in total. The number of hydrogen-bond donors (Lipinski definition) is 0. The molecule has 9 heteroatoms. The fourth-order valence-corrected chi connectivity index (χ4v) is 6.55. The Bertz CT molecular complexity index is 1410. The minimum absolute atomic E-state index is 0.0709. The molecule has 2 amide bonds. The molecule has 44 heavy (non-hydrogen) atoms. The highest BCUT2D eigenvalue weighted by Crippen LogP contribution is 2.30. The van der Waals surface area contributed by atoms with Gasteiger partial charge in [-0.1, -0.05) is 54.9 Å². The Morgan fingerprint density at radius 2 is 1.61 bits per heavy atom. The van der Waals surface area contributed by atoms with Crippen molar-refractivity contribution in [2.45, 2.75) is 66.0 Å². The lowest BCUT2D eigenvalue weighted by molar-refractivity contribution is -0.137. The molecule has 1 fully saturated rings. The number of carbonyl (C=O) groups is 2. The van der Waals surface area contributed by atoms with E-state index in [1.54, 1.807) is 0 Å². The summed E-state index contributed by atoms with van der Waals surface area (Å²) in [7, 11) is 0. The van der Waals surface area contributed by atoms with Gasteiger partial charge in [-0.3, -0.25) is 14.5 Å². The standard InChI is InChI=1S/C35H45ClN6O2/c1-4-9-33(43)42-17-8-16-39(24-28-10-6-5-7-11-28)20-21-41(25-30-12-13-31(36)23-32(30)42)34(44)29-14-18-40(19-15-29)35-37-26(2)22-27(3)38-35/h5-7,10-13,22-23,29H,4,8-9,14-21,24-25H2,1-3H3. The number of hydrogen-bond acceptors (Lipinski definition) is 6. The Hall–Kier alpha value is -3.49. The fraction of sp³-hybridized carbons (Fsp3) is 0.486. The van der Waals surface area contributed by atoms with Gasteiger partial charge in [-0.15, -0.1) is 0 Å². The first-order valence-electron chi connectivity index (χ1n) is 16.0. The van der Waals surface area contributed by atoms with Crippen molar-refractivity contribution in [2.75, 3.05) is 49.1 Å². The average molecular weight is 617 g/mol. The van der Waals surface area contributed by atoms with E-state index in [1.165, 1.54) is 5.56 Å². The molecule has 0 aliphatic carbocycles. The predicted molar refractivity (Wildman–Crippen MR) is 177 cm³/mol. The smallest absolute Gasteiger partial charge is 0.226 e. The SMILES string of the molecule is CCCC(=O)N1CCCN(Cc2ccccc2)CCN(C(=O)C2CCN(c3nc(C)cc(C)n3)CC2)Cc2ccc(Cl)cc21. The first-order valence-corrected chi connectivity index (χ1v) is 16.4. The van der Waals surface area contributed by atoms with Crippen LogP contribution in [0, 0.1) is 19.8 Å². The van der Waals surface area contributed by atoms with Crippen LogP contribution in [0.25, 0.3) is 0 Å². The van der Waals surface area contributed by atoms with Gasteiger partial charge in [0.15, 0.2) is 0 Å². The lowest BCUT2D eigenvalue weighted by Crippen LogP contribution is -2.45. The number of aryl methyl sites for hydroxylation is 2. The highest BCUT2D eigenvalue weighted by molar-refractivity contribution is 6.31.